The minimum Gasteiger partial charge on any atom is -0.349 e. The third-order valence-corrected chi connectivity index (χ3v) is 3.73. The summed E-state index contributed by atoms with van der Waals surface area (Å²) < 4.78 is 1.89. The Kier molecular flexibility index (Phi) is 4.65. The standard InChI is InChI=1S/C15H24N4O2/c1-11(2)7-15(21)18-9-12-5-6-16-19(12)13(10-18)8-14(20)17(3)4/h5-6,11,13H,7-10H2,1-4H3. The molecule has 0 aliphatic carbocycles. The van der Waals surface area contributed by atoms with E-state index in [1.807, 2.05) is 29.5 Å². The Morgan fingerprint density at radius 2 is 2.14 bits per heavy atom. The minimum absolute atomic E-state index is 0.0552. The first-order valence-corrected chi connectivity index (χ1v) is 7.38. The van der Waals surface area contributed by atoms with Gasteiger partial charge in [-0.15, -0.1) is 0 Å². The minimum atomic E-state index is -0.0743. The van der Waals surface area contributed by atoms with E-state index in [2.05, 4.69) is 5.10 Å². The summed E-state index contributed by atoms with van der Waals surface area (Å²) in [6.45, 7) is 5.22. The summed E-state index contributed by atoms with van der Waals surface area (Å²) >= 11 is 0. The molecule has 2 amide bonds. The molecule has 21 heavy (non-hydrogen) atoms. The molecule has 0 fully saturated rings. The summed E-state index contributed by atoms with van der Waals surface area (Å²) in [6, 6.07) is 1.84. The van der Waals surface area contributed by atoms with Crippen LogP contribution in [0.4, 0.5) is 0 Å². The molecule has 0 aromatic carbocycles. The maximum Gasteiger partial charge on any atom is 0.224 e. The number of amides is 2. The Labute approximate surface area is 125 Å². The van der Waals surface area contributed by atoms with E-state index in [0.717, 1.165) is 5.69 Å². The lowest BCUT2D eigenvalue weighted by Gasteiger charge is -2.34. The second kappa shape index (κ2) is 6.28. The van der Waals surface area contributed by atoms with Gasteiger partial charge in [-0.1, -0.05) is 13.8 Å². The Hall–Kier alpha value is -1.85. The molecule has 0 radical (unpaired) electrons. The number of carbonyl (C=O) groups excluding carboxylic acids is 2. The van der Waals surface area contributed by atoms with Gasteiger partial charge in [0.05, 0.1) is 24.7 Å². The zero-order chi connectivity index (χ0) is 15.6. The molecule has 0 N–H and O–H groups in total. The van der Waals surface area contributed by atoms with E-state index in [1.165, 1.54) is 0 Å². The summed E-state index contributed by atoms with van der Waals surface area (Å²) in [4.78, 5) is 27.7. The van der Waals surface area contributed by atoms with Crippen LogP contribution in [0.25, 0.3) is 0 Å². The normalized spacial score (nSPS) is 17.8. The number of fused-ring (bicyclic) bond motifs is 1. The van der Waals surface area contributed by atoms with Gasteiger partial charge in [0.25, 0.3) is 0 Å². The van der Waals surface area contributed by atoms with E-state index in [9.17, 15) is 9.59 Å². The van der Waals surface area contributed by atoms with Crippen LogP contribution in [0.15, 0.2) is 12.3 Å². The van der Waals surface area contributed by atoms with Crippen molar-refractivity contribution in [3.8, 4) is 0 Å². The van der Waals surface area contributed by atoms with Gasteiger partial charge < -0.3 is 9.80 Å². The lowest BCUT2D eigenvalue weighted by atomic mass is 10.1. The van der Waals surface area contributed by atoms with E-state index in [0.29, 0.717) is 31.8 Å². The lowest BCUT2D eigenvalue weighted by Crippen LogP contribution is -2.43. The largest absolute Gasteiger partial charge is 0.349 e. The van der Waals surface area contributed by atoms with Gasteiger partial charge in [-0.3, -0.25) is 14.3 Å². The number of hydrogen-bond donors (Lipinski definition) is 0. The molecule has 2 rings (SSSR count). The first-order valence-electron chi connectivity index (χ1n) is 7.38. The quantitative estimate of drug-likeness (QED) is 0.840. The fraction of sp³-hybridized carbons (Fsp3) is 0.667. The van der Waals surface area contributed by atoms with Crippen LogP contribution in [-0.2, 0) is 16.1 Å². The molecule has 6 nitrogen and oxygen atoms in total. The molecule has 0 saturated carbocycles. The number of nitrogens with zero attached hydrogens (tertiary/aromatic N) is 4. The lowest BCUT2D eigenvalue weighted by molar-refractivity contribution is -0.136. The summed E-state index contributed by atoms with van der Waals surface area (Å²) in [5.41, 5.74) is 0.995. The molecular weight excluding hydrogens is 268 g/mol. The highest BCUT2D eigenvalue weighted by Crippen LogP contribution is 2.24. The average Bonchev–Trinajstić information content (AvgIpc) is 2.85. The first kappa shape index (κ1) is 15.5. The van der Waals surface area contributed by atoms with Gasteiger partial charge in [-0.05, 0) is 12.0 Å². The smallest absolute Gasteiger partial charge is 0.224 e. The Balaban J connectivity index is 2.14. The van der Waals surface area contributed by atoms with Crippen molar-refractivity contribution in [3.05, 3.63) is 18.0 Å². The van der Waals surface area contributed by atoms with Crippen LogP contribution in [0, 0.1) is 5.92 Å². The molecule has 6 heteroatoms. The van der Waals surface area contributed by atoms with E-state index in [4.69, 9.17) is 0 Å². The summed E-state index contributed by atoms with van der Waals surface area (Å²) in [6.07, 6.45) is 2.65. The molecule has 1 unspecified atom stereocenters. The van der Waals surface area contributed by atoms with Crippen molar-refractivity contribution in [3.63, 3.8) is 0 Å². The number of rotatable bonds is 4. The predicted octanol–water partition coefficient (Wildman–Crippen LogP) is 1.29. The van der Waals surface area contributed by atoms with E-state index >= 15 is 0 Å². The van der Waals surface area contributed by atoms with Crippen molar-refractivity contribution in [2.75, 3.05) is 20.6 Å². The Morgan fingerprint density at radius 1 is 1.43 bits per heavy atom. The van der Waals surface area contributed by atoms with Crippen molar-refractivity contribution in [1.82, 2.24) is 19.6 Å². The molecule has 1 aliphatic rings. The van der Waals surface area contributed by atoms with Crippen LogP contribution < -0.4 is 0 Å². The van der Waals surface area contributed by atoms with Gasteiger partial charge in [0, 0.05) is 33.3 Å². The molecule has 1 aromatic rings. The molecule has 1 aliphatic heterocycles. The topological polar surface area (TPSA) is 58.4 Å². The highest BCUT2D eigenvalue weighted by atomic mass is 16.2. The molecule has 0 saturated heterocycles. The van der Waals surface area contributed by atoms with Crippen LogP contribution >= 0.6 is 0 Å². The number of carbonyl (C=O) groups is 2. The maximum absolute atomic E-state index is 12.3. The fourth-order valence-corrected chi connectivity index (χ4v) is 2.59. The third kappa shape index (κ3) is 3.62. The molecule has 0 bridgehead atoms. The predicted molar refractivity (Wildman–Crippen MR) is 79.4 cm³/mol. The number of hydrogen-bond acceptors (Lipinski definition) is 3. The summed E-state index contributed by atoms with van der Waals surface area (Å²) in [5, 5.41) is 4.31. The van der Waals surface area contributed by atoms with Gasteiger partial charge in [0.15, 0.2) is 0 Å². The zero-order valence-corrected chi connectivity index (χ0v) is 13.2. The highest BCUT2D eigenvalue weighted by molar-refractivity contribution is 5.78. The van der Waals surface area contributed by atoms with Gasteiger partial charge in [-0.2, -0.15) is 5.10 Å². The van der Waals surface area contributed by atoms with Crippen LogP contribution in [-0.4, -0.2) is 52.0 Å². The van der Waals surface area contributed by atoms with Crippen molar-refractivity contribution < 1.29 is 9.59 Å². The van der Waals surface area contributed by atoms with Gasteiger partial charge in [0.2, 0.25) is 11.8 Å². The van der Waals surface area contributed by atoms with Crippen molar-refractivity contribution >= 4 is 11.8 Å². The fourth-order valence-electron chi connectivity index (χ4n) is 2.59. The number of aromatic nitrogens is 2. The van der Waals surface area contributed by atoms with Crippen molar-refractivity contribution in [2.24, 2.45) is 5.92 Å². The van der Waals surface area contributed by atoms with E-state index in [-0.39, 0.29) is 17.9 Å². The molecule has 1 atom stereocenters. The van der Waals surface area contributed by atoms with Crippen LogP contribution in [0.3, 0.4) is 0 Å². The SMILES string of the molecule is CC(C)CC(=O)N1Cc2ccnn2C(CC(=O)N(C)C)C1. The van der Waals surface area contributed by atoms with Crippen molar-refractivity contribution in [2.45, 2.75) is 39.3 Å². The van der Waals surface area contributed by atoms with Crippen LogP contribution in [0.5, 0.6) is 0 Å². The second-order valence-electron chi connectivity index (χ2n) is 6.29. The Bertz CT molecular complexity index is 521. The highest BCUT2D eigenvalue weighted by Gasteiger charge is 2.30. The van der Waals surface area contributed by atoms with Gasteiger partial charge in [-0.25, -0.2) is 0 Å². The van der Waals surface area contributed by atoms with Gasteiger partial charge in [0.1, 0.15) is 0 Å². The average molecular weight is 292 g/mol. The van der Waals surface area contributed by atoms with Crippen LogP contribution in [0.1, 0.15) is 38.4 Å². The van der Waals surface area contributed by atoms with E-state index < -0.39 is 0 Å². The molecule has 116 valence electrons. The molecule has 1 aromatic heterocycles. The van der Waals surface area contributed by atoms with E-state index in [1.54, 1.807) is 25.2 Å². The zero-order valence-electron chi connectivity index (χ0n) is 13.2. The maximum atomic E-state index is 12.3. The van der Waals surface area contributed by atoms with Gasteiger partial charge >= 0.3 is 0 Å². The monoisotopic (exact) mass is 292 g/mol. The summed E-state index contributed by atoms with van der Waals surface area (Å²) in [5.74, 6) is 0.547. The van der Waals surface area contributed by atoms with Crippen molar-refractivity contribution in [1.29, 1.82) is 0 Å². The first-order chi connectivity index (χ1) is 9.88. The Morgan fingerprint density at radius 3 is 2.76 bits per heavy atom. The molecule has 0 spiro atoms. The summed E-state index contributed by atoms with van der Waals surface area (Å²) in [7, 11) is 3.49. The van der Waals surface area contributed by atoms with Crippen LogP contribution in [0.2, 0.25) is 0 Å². The molecule has 2 heterocycles. The second-order valence-corrected chi connectivity index (χ2v) is 6.29. The molecular formula is C15H24N4O2. The third-order valence-electron chi connectivity index (χ3n) is 3.73.